The molecule has 130 valence electrons. The molecule has 1 N–H and O–H groups in total. The van der Waals surface area contributed by atoms with E-state index >= 15 is 0 Å². The highest BCUT2D eigenvalue weighted by Crippen LogP contribution is 2.24. The molecule has 1 aliphatic heterocycles. The van der Waals surface area contributed by atoms with Crippen molar-refractivity contribution in [1.29, 1.82) is 0 Å². The predicted octanol–water partition coefficient (Wildman–Crippen LogP) is 2.78. The molecule has 4 heterocycles. The zero-order valence-electron chi connectivity index (χ0n) is 13.7. The Morgan fingerprint density at radius 2 is 2.28 bits per heavy atom. The highest BCUT2D eigenvalue weighted by molar-refractivity contribution is 7.08. The topological polar surface area (TPSA) is 63.1 Å². The summed E-state index contributed by atoms with van der Waals surface area (Å²) in [6.45, 7) is 3.43. The monoisotopic (exact) mass is 373 g/mol. The minimum absolute atomic E-state index is 0.104. The number of hydrogen-bond donors (Lipinski definition) is 1. The molecule has 0 saturated carbocycles. The Labute approximate surface area is 154 Å². The molecule has 1 atom stereocenters. The van der Waals surface area contributed by atoms with Gasteiger partial charge in [0.05, 0.1) is 17.2 Å². The normalized spacial score (nSPS) is 17.4. The van der Waals surface area contributed by atoms with Gasteiger partial charge in [0.15, 0.2) is 0 Å². The van der Waals surface area contributed by atoms with Crippen molar-refractivity contribution in [1.82, 2.24) is 25.0 Å². The van der Waals surface area contributed by atoms with Crippen molar-refractivity contribution in [2.24, 2.45) is 0 Å². The molecule has 1 amide bonds. The van der Waals surface area contributed by atoms with Crippen LogP contribution >= 0.6 is 22.7 Å². The quantitative estimate of drug-likeness (QED) is 0.722. The maximum atomic E-state index is 12.0. The molecule has 8 heteroatoms. The first-order valence-corrected chi connectivity index (χ1v) is 10.1. The number of nitrogens with one attached hydrogen (secondary N) is 1. The third-order valence-corrected chi connectivity index (χ3v) is 5.69. The summed E-state index contributed by atoms with van der Waals surface area (Å²) in [5, 5.41) is 13.5. The number of thiazole rings is 1. The van der Waals surface area contributed by atoms with Crippen molar-refractivity contribution in [3.8, 4) is 0 Å². The van der Waals surface area contributed by atoms with Gasteiger partial charge in [-0.25, -0.2) is 4.98 Å². The fourth-order valence-electron chi connectivity index (χ4n) is 3.21. The second kappa shape index (κ2) is 7.47. The molecule has 3 aromatic heterocycles. The van der Waals surface area contributed by atoms with Crippen LogP contribution in [0, 0.1) is 0 Å². The Hall–Kier alpha value is -2.03. The van der Waals surface area contributed by atoms with E-state index < -0.39 is 0 Å². The van der Waals surface area contributed by atoms with Crippen LogP contribution in [0.4, 0.5) is 0 Å². The number of aromatic nitrogens is 3. The smallest absolute Gasteiger partial charge is 0.270 e. The van der Waals surface area contributed by atoms with Gasteiger partial charge in [-0.1, -0.05) is 0 Å². The van der Waals surface area contributed by atoms with Crippen LogP contribution in [-0.2, 0) is 13.1 Å². The molecule has 0 aromatic carbocycles. The van der Waals surface area contributed by atoms with Crippen molar-refractivity contribution >= 4 is 28.6 Å². The van der Waals surface area contributed by atoms with E-state index in [1.807, 2.05) is 6.20 Å². The molecular formula is C17H19N5OS2. The minimum Gasteiger partial charge on any atom is -0.351 e. The van der Waals surface area contributed by atoms with Crippen LogP contribution in [0.2, 0.25) is 0 Å². The molecule has 0 bridgehead atoms. The van der Waals surface area contributed by atoms with Gasteiger partial charge in [0.25, 0.3) is 5.91 Å². The Morgan fingerprint density at radius 3 is 3.08 bits per heavy atom. The first kappa shape index (κ1) is 16.4. The molecule has 6 nitrogen and oxygen atoms in total. The summed E-state index contributed by atoms with van der Waals surface area (Å²) in [7, 11) is 0. The number of hydrogen-bond acceptors (Lipinski definition) is 6. The van der Waals surface area contributed by atoms with Gasteiger partial charge in [-0.05, 0) is 34.9 Å². The highest BCUT2D eigenvalue weighted by Gasteiger charge is 2.25. The van der Waals surface area contributed by atoms with Gasteiger partial charge in [0.2, 0.25) is 0 Å². The molecule has 3 aromatic rings. The average molecular weight is 374 g/mol. The number of nitrogens with zero attached hydrogens (tertiary/aromatic N) is 4. The molecule has 25 heavy (non-hydrogen) atoms. The SMILES string of the molecule is O=C(NCC[C@H]1CN(Cc2ccsc2)Cc2ccnn21)c1cscn1. The lowest BCUT2D eigenvalue weighted by Crippen LogP contribution is -2.38. The second-order valence-electron chi connectivity index (χ2n) is 6.14. The lowest BCUT2D eigenvalue weighted by atomic mass is 10.1. The predicted molar refractivity (Wildman–Crippen MR) is 98.8 cm³/mol. The zero-order valence-corrected chi connectivity index (χ0v) is 15.3. The number of carbonyl (C=O) groups excluding carboxylic acids is 1. The Kier molecular flexibility index (Phi) is 4.91. The lowest BCUT2D eigenvalue weighted by Gasteiger charge is -2.33. The highest BCUT2D eigenvalue weighted by atomic mass is 32.1. The van der Waals surface area contributed by atoms with Gasteiger partial charge in [-0.2, -0.15) is 16.4 Å². The number of amides is 1. The van der Waals surface area contributed by atoms with Crippen molar-refractivity contribution in [3.05, 3.63) is 56.9 Å². The van der Waals surface area contributed by atoms with Gasteiger partial charge in [0.1, 0.15) is 5.69 Å². The molecule has 4 rings (SSSR count). The molecule has 0 radical (unpaired) electrons. The molecule has 0 unspecified atom stereocenters. The number of carbonyl (C=O) groups is 1. The van der Waals surface area contributed by atoms with E-state index in [0.29, 0.717) is 12.2 Å². The summed E-state index contributed by atoms with van der Waals surface area (Å²) in [4.78, 5) is 18.5. The summed E-state index contributed by atoms with van der Waals surface area (Å²) in [5.41, 5.74) is 4.76. The summed E-state index contributed by atoms with van der Waals surface area (Å²) in [5.74, 6) is -0.104. The first-order chi connectivity index (χ1) is 12.3. The second-order valence-corrected chi connectivity index (χ2v) is 7.64. The summed E-state index contributed by atoms with van der Waals surface area (Å²) < 4.78 is 2.11. The van der Waals surface area contributed by atoms with E-state index in [4.69, 9.17) is 0 Å². The van der Waals surface area contributed by atoms with Gasteiger partial charge >= 0.3 is 0 Å². The van der Waals surface area contributed by atoms with Gasteiger partial charge in [-0.3, -0.25) is 14.4 Å². The number of thiophene rings is 1. The van der Waals surface area contributed by atoms with Gasteiger partial charge in [0, 0.05) is 37.8 Å². The van der Waals surface area contributed by atoms with Crippen molar-refractivity contribution in [2.45, 2.75) is 25.6 Å². The molecular weight excluding hydrogens is 354 g/mol. The van der Waals surface area contributed by atoms with Gasteiger partial charge in [-0.15, -0.1) is 11.3 Å². The van der Waals surface area contributed by atoms with E-state index in [9.17, 15) is 4.79 Å². The Bertz CT molecular complexity index is 812. The summed E-state index contributed by atoms with van der Waals surface area (Å²) >= 11 is 3.17. The number of fused-ring (bicyclic) bond motifs is 1. The maximum Gasteiger partial charge on any atom is 0.270 e. The van der Waals surface area contributed by atoms with Crippen LogP contribution in [-0.4, -0.2) is 38.7 Å². The molecule has 0 fully saturated rings. The average Bonchev–Trinajstić information content (AvgIpc) is 3.36. The standard InChI is InChI=1S/C17H19N5OS2/c23-17(16-11-25-12-19-16)18-4-1-14-8-21(7-13-3-6-24-10-13)9-15-2-5-20-22(14)15/h2-3,5-6,10-12,14H,1,4,7-9H2,(H,18,23)/t14-/m0/s1. The number of rotatable bonds is 6. The van der Waals surface area contributed by atoms with Gasteiger partial charge < -0.3 is 5.32 Å². The molecule has 0 aliphatic carbocycles. The van der Waals surface area contributed by atoms with E-state index in [1.54, 1.807) is 22.2 Å². The largest absolute Gasteiger partial charge is 0.351 e. The first-order valence-electron chi connectivity index (χ1n) is 8.22. The van der Waals surface area contributed by atoms with Crippen molar-refractivity contribution in [3.63, 3.8) is 0 Å². The van der Waals surface area contributed by atoms with E-state index in [1.165, 1.54) is 22.6 Å². The Morgan fingerprint density at radius 1 is 1.32 bits per heavy atom. The summed E-state index contributed by atoms with van der Waals surface area (Å²) in [6, 6.07) is 4.54. The van der Waals surface area contributed by atoms with Crippen molar-refractivity contribution in [2.75, 3.05) is 13.1 Å². The minimum atomic E-state index is -0.104. The van der Waals surface area contributed by atoms with E-state index in [-0.39, 0.29) is 11.9 Å². The third-order valence-electron chi connectivity index (χ3n) is 4.37. The van der Waals surface area contributed by atoms with Crippen LogP contribution in [0.15, 0.2) is 40.0 Å². The van der Waals surface area contributed by atoms with Crippen LogP contribution in [0.3, 0.4) is 0 Å². The molecule has 0 spiro atoms. The zero-order chi connectivity index (χ0) is 17.1. The Balaban J connectivity index is 1.37. The van der Waals surface area contributed by atoms with Crippen LogP contribution in [0.25, 0.3) is 0 Å². The van der Waals surface area contributed by atoms with Crippen LogP contribution in [0.1, 0.15) is 34.2 Å². The van der Waals surface area contributed by atoms with E-state index in [0.717, 1.165) is 26.1 Å². The maximum absolute atomic E-state index is 12.0. The van der Waals surface area contributed by atoms with E-state index in [2.05, 4.69) is 47.9 Å². The third kappa shape index (κ3) is 3.81. The molecule has 1 aliphatic rings. The summed E-state index contributed by atoms with van der Waals surface area (Å²) in [6.07, 6.45) is 2.72. The lowest BCUT2D eigenvalue weighted by molar-refractivity contribution is 0.0942. The fourth-order valence-corrected chi connectivity index (χ4v) is 4.40. The van der Waals surface area contributed by atoms with Crippen molar-refractivity contribution < 1.29 is 4.79 Å². The van der Waals surface area contributed by atoms with Crippen LogP contribution in [0.5, 0.6) is 0 Å². The molecule has 0 saturated heterocycles. The fraction of sp³-hybridized carbons (Fsp3) is 0.353. The van der Waals surface area contributed by atoms with Crippen LogP contribution < -0.4 is 5.32 Å².